The lowest BCUT2D eigenvalue weighted by atomic mass is 9.86. The molecule has 0 amide bonds. The van der Waals surface area contributed by atoms with Gasteiger partial charge in [0.1, 0.15) is 0 Å². The average Bonchev–Trinajstić information content (AvgIpc) is 2.09. The lowest BCUT2D eigenvalue weighted by Gasteiger charge is -2.20. The summed E-state index contributed by atoms with van der Waals surface area (Å²) in [6, 6.07) is 5.77. The van der Waals surface area contributed by atoms with Crippen molar-refractivity contribution in [3.63, 3.8) is 0 Å². The molecule has 1 unspecified atom stereocenters. The summed E-state index contributed by atoms with van der Waals surface area (Å²) in [6.45, 7) is 6.63. The maximum atomic E-state index is 6.16. The fourth-order valence-corrected chi connectivity index (χ4v) is 2.40. The predicted molar refractivity (Wildman–Crippen MR) is 64.3 cm³/mol. The minimum absolute atomic E-state index is 0.528. The largest absolute Gasteiger partial charge is 0.0843 e. The minimum atomic E-state index is 0.528. The summed E-state index contributed by atoms with van der Waals surface area (Å²) in [5.74, 6) is 1.14. The third kappa shape index (κ3) is 2.65. The minimum Gasteiger partial charge on any atom is -0.0843 e. The van der Waals surface area contributed by atoms with Crippen molar-refractivity contribution < 1.29 is 0 Å². The van der Waals surface area contributed by atoms with E-state index in [4.69, 9.17) is 23.2 Å². The van der Waals surface area contributed by atoms with Crippen LogP contribution in [0, 0.1) is 5.92 Å². The Hall–Kier alpha value is -0.200. The lowest BCUT2D eigenvalue weighted by molar-refractivity contribution is 0.485. The van der Waals surface area contributed by atoms with Gasteiger partial charge in [0.2, 0.25) is 0 Å². The van der Waals surface area contributed by atoms with Gasteiger partial charge < -0.3 is 0 Å². The van der Waals surface area contributed by atoms with E-state index in [9.17, 15) is 0 Å². The maximum Gasteiger partial charge on any atom is 0.0455 e. The summed E-state index contributed by atoms with van der Waals surface area (Å²) in [5, 5.41) is 1.50. The van der Waals surface area contributed by atoms with Gasteiger partial charge in [0.05, 0.1) is 0 Å². The highest BCUT2D eigenvalue weighted by atomic mass is 35.5. The molecule has 2 heteroatoms. The first-order valence-corrected chi connectivity index (χ1v) is 5.76. The number of benzene rings is 1. The molecule has 0 radical (unpaired) electrons. The van der Waals surface area contributed by atoms with Gasteiger partial charge in [-0.1, -0.05) is 50.0 Å². The van der Waals surface area contributed by atoms with Crippen molar-refractivity contribution in [2.75, 3.05) is 0 Å². The first-order valence-electron chi connectivity index (χ1n) is 5.01. The van der Waals surface area contributed by atoms with Crippen molar-refractivity contribution in [3.8, 4) is 0 Å². The summed E-state index contributed by atoms with van der Waals surface area (Å²) in [7, 11) is 0. The molecule has 0 aliphatic rings. The van der Waals surface area contributed by atoms with Crippen LogP contribution in [0.2, 0.25) is 10.0 Å². The molecule has 0 saturated carbocycles. The first-order chi connectivity index (χ1) is 6.56. The molecule has 0 aliphatic carbocycles. The topological polar surface area (TPSA) is 0 Å². The zero-order chi connectivity index (χ0) is 10.7. The van der Waals surface area contributed by atoms with E-state index in [1.54, 1.807) is 0 Å². The zero-order valence-corrected chi connectivity index (χ0v) is 10.4. The number of halogens is 2. The normalized spacial score (nSPS) is 13.3. The number of hydrogen-bond donors (Lipinski definition) is 0. The molecule has 0 N–H and O–H groups in total. The van der Waals surface area contributed by atoms with Gasteiger partial charge in [-0.3, -0.25) is 0 Å². The maximum absolute atomic E-state index is 6.16. The number of rotatable bonds is 3. The van der Waals surface area contributed by atoms with Crippen molar-refractivity contribution in [1.29, 1.82) is 0 Å². The van der Waals surface area contributed by atoms with Crippen LogP contribution in [0.3, 0.4) is 0 Å². The van der Waals surface area contributed by atoms with E-state index in [2.05, 4.69) is 20.8 Å². The Morgan fingerprint density at radius 1 is 1.21 bits per heavy atom. The Morgan fingerprint density at radius 3 is 2.29 bits per heavy atom. The lowest BCUT2D eigenvalue weighted by Crippen LogP contribution is -2.05. The molecule has 1 aromatic rings. The molecule has 0 saturated heterocycles. The van der Waals surface area contributed by atoms with E-state index in [1.165, 1.54) is 5.56 Å². The van der Waals surface area contributed by atoms with E-state index in [0.717, 1.165) is 11.4 Å². The van der Waals surface area contributed by atoms with E-state index in [1.807, 2.05) is 18.2 Å². The standard InChI is InChI=1S/C12H16Cl2/c1-4-10(8(2)3)11-6-5-9(13)7-12(11)14/h5-8,10H,4H2,1-3H3. The Bertz CT molecular complexity index is 305. The van der Waals surface area contributed by atoms with Crippen molar-refractivity contribution >= 4 is 23.2 Å². The third-order valence-corrected chi connectivity index (χ3v) is 3.17. The highest BCUT2D eigenvalue weighted by Crippen LogP contribution is 2.33. The Kier molecular flexibility index (Phi) is 4.28. The van der Waals surface area contributed by atoms with Crippen LogP contribution in [0.25, 0.3) is 0 Å². The van der Waals surface area contributed by atoms with Gasteiger partial charge in [-0.15, -0.1) is 0 Å². The van der Waals surface area contributed by atoms with Crippen LogP contribution in [0.15, 0.2) is 18.2 Å². The molecule has 0 aliphatic heterocycles. The summed E-state index contributed by atoms with van der Waals surface area (Å²) in [4.78, 5) is 0. The molecule has 1 aromatic carbocycles. The van der Waals surface area contributed by atoms with Gasteiger partial charge in [0.25, 0.3) is 0 Å². The van der Waals surface area contributed by atoms with Crippen LogP contribution in [0.1, 0.15) is 38.7 Å². The monoisotopic (exact) mass is 230 g/mol. The SMILES string of the molecule is CCC(c1ccc(Cl)cc1Cl)C(C)C. The second kappa shape index (κ2) is 5.04. The average molecular weight is 231 g/mol. The molecule has 0 bridgehead atoms. The predicted octanol–water partition coefficient (Wildman–Crippen LogP) is 5.14. The molecular formula is C12H16Cl2. The Balaban J connectivity index is 3.04. The number of hydrogen-bond acceptors (Lipinski definition) is 0. The van der Waals surface area contributed by atoms with Gasteiger partial charge in [-0.05, 0) is 36.0 Å². The second-order valence-corrected chi connectivity index (χ2v) is 4.77. The van der Waals surface area contributed by atoms with Gasteiger partial charge in [0.15, 0.2) is 0 Å². The fraction of sp³-hybridized carbons (Fsp3) is 0.500. The summed E-state index contributed by atoms with van der Waals surface area (Å²) >= 11 is 12.0. The Labute approximate surface area is 96.2 Å². The molecule has 14 heavy (non-hydrogen) atoms. The van der Waals surface area contributed by atoms with Gasteiger partial charge in [-0.2, -0.15) is 0 Å². The van der Waals surface area contributed by atoms with Crippen LogP contribution in [0.5, 0.6) is 0 Å². The molecule has 0 aromatic heterocycles. The molecule has 0 heterocycles. The molecule has 0 nitrogen and oxygen atoms in total. The van der Waals surface area contributed by atoms with Gasteiger partial charge in [0, 0.05) is 10.0 Å². The molecule has 1 rings (SSSR count). The smallest absolute Gasteiger partial charge is 0.0455 e. The van der Waals surface area contributed by atoms with Crippen LogP contribution in [0.4, 0.5) is 0 Å². The highest BCUT2D eigenvalue weighted by Gasteiger charge is 2.16. The van der Waals surface area contributed by atoms with Crippen LogP contribution >= 0.6 is 23.2 Å². The second-order valence-electron chi connectivity index (χ2n) is 3.92. The summed E-state index contributed by atoms with van der Waals surface area (Å²) < 4.78 is 0. The van der Waals surface area contributed by atoms with E-state index in [-0.39, 0.29) is 0 Å². The summed E-state index contributed by atoms with van der Waals surface area (Å²) in [6.07, 6.45) is 1.11. The van der Waals surface area contributed by atoms with E-state index in [0.29, 0.717) is 16.9 Å². The molecule has 1 atom stereocenters. The van der Waals surface area contributed by atoms with E-state index >= 15 is 0 Å². The van der Waals surface area contributed by atoms with Gasteiger partial charge in [-0.25, -0.2) is 0 Å². The molecule has 78 valence electrons. The van der Waals surface area contributed by atoms with Crippen molar-refractivity contribution in [3.05, 3.63) is 33.8 Å². The zero-order valence-electron chi connectivity index (χ0n) is 8.85. The van der Waals surface area contributed by atoms with Crippen LogP contribution in [-0.4, -0.2) is 0 Å². The van der Waals surface area contributed by atoms with Crippen molar-refractivity contribution in [2.24, 2.45) is 5.92 Å². The Morgan fingerprint density at radius 2 is 1.86 bits per heavy atom. The van der Waals surface area contributed by atoms with E-state index < -0.39 is 0 Å². The first kappa shape index (κ1) is 11.9. The van der Waals surface area contributed by atoms with Crippen LogP contribution < -0.4 is 0 Å². The molecule has 0 spiro atoms. The van der Waals surface area contributed by atoms with Crippen LogP contribution in [-0.2, 0) is 0 Å². The quantitative estimate of drug-likeness (QED) is 0.675. The fourth-order valence-electron chi connectivity index (χ4n) is 1.85. The molecular weight excluding hydrogens is 215 g/mol. The van der Waals surface area contributed by atoms with Gasteiger partial charge >= 0.3 is 0 Å². The summed E-state index contributed by atoms with van der Waals surface area (Å²) in [5.41, 5.74) is 1.22. The highest BCUT2D eigenvalue weighted by molar-refractivity contribution is 6.35. The third-order valence-electron chi connectivity index (χ3n) is 2.61. The van der Waals surface area contributed by atoms with Crippen molar-refractivity contribution in [1.82, 2.24) is 0 Å². The molecule has 0 fully saturated rings. The van der Waals surface area contributed by atoms with Crippen molar-refractivity contribution in [2.45, 2.75) is 33.1 Å².